The van der Waals surface area contributed by atoms with Crippen molar-refractivity contribution in [3.63, 3.8) is 0 Å². The molecule has 2 saturated carbocycles. The number of Topliss-reactive ketones (excluding diaryl/α,β-unsaturated/α-hetero) is 1. The van der Waals surface area contributed by atoms with Crippen molar-refractivity contribution in [2.45, 2.75) is 45.4 Å². The van der Waals surface area contributed by atoms with Gasteiger partial charge in [0.25, 0.3) is 0 Å². The Bertz CT molecular complexity index is 520. The fraction of sp³-hybridized carbons (Fsp3) is 0.556. The van der Waals surface area contributed by atoms with Crippen LogP contribution in [0.25, 0.3) is 0 Å². The molecule has 2 unspecified atom stereocenters. The smallest absolute Gasteiger partial charge is 0.314 e. The monoisotopic (exact) mass is 286 g/mol. The van der Waals surface area contributed by atoms with Gasteiger partial charge >= 0.3 is 5.97 Å². The van der Waals surface area contributed by atoms with Crippen molar-refractivity contribution in [1.82, 2.24) is 0 Å². The van der Waals surface area contributed by atoms with Gasteiger partial charge in [0.1, 0.15) is 5.75 Å². The first-order chi connectivity index (χ1) is 10.1. The molecule has 0 saturated heterocycles. The predicted molar refractivity (Wildman–Crippen MR) is 80.3 cm³/mol. The molecule has 0 N–H and O–H groups in total. The molecule has 3 heteroatoms. The normalized spacial score (nSPS) is 28.0. The first-order valence-corrected chi connectivity index (χ1v) is 7.94. The number of hydrogen-bond donors (Lipinski definition) is 0. The molecule has 3 nitrogen and oxygen atoms in total. The molecular weight excluding hydrogens is 264 g/mol. The minimum Gasteiger partial charge on any atom is -0.426 e. The first-order valence-electron chi connectivity index (χ1n) is 7.94. The van der Waals surface area contributed by atoms with Gasteiger partial charge in [-0.25, -0.2) is 0 Å². The molecule has 0 aromatic heterocycles. The van der Waals surface area contributed by atoms with Gasteiger partial charge in [-0.15, -0.1) is 0 Å². The fourth-order valence-electron chi connectivity index (χ4n) is 3.88. The van der Waals surface area contributed by atoms with Gasteiger partial charge in [-0.2, -0.15) is 0 Å². The molecule has 112 valence electrons. The van der Waals surface area contributed by atoms with Crippen LogP contribution in [0.15, 0.2) is 24.3 Å². The zero-order chi connectivity index (χ0) is 14.8. The van der Waals surface area contributed by atoms with Gasteiger partial charge in [0.2, 0.25) is 0 Å². The standard InChI is InChI=1S/C18H22O3/c1-12(19)15-5-7-17(8-6-15)21-18(20)16-10-13-3-2-4-14(9-13)11-16/h5-8,13-14,16H,2-4,9-11H2,1H3. The summed E-state index contributed by atoms with van der Waals surface area (Å²) in [5.41, 5.74) is 0.641. The van der Waals surface area contributed by atoms with Crippen molar-refractivity contribution in [3.8, 4) is 5.75 Å². The van der Waals surface area contributed by atoms with Gasteiger partial charge < -0.3 is 4.74 Å². The van der Waals surface area contributed by atoms with Gasteiger partial charge in [-0.1, -0.05) is 19.3 Å². The number of fused-ring (bicyclic) bond motifs is 2. The second-order valence-electron chi connectivity index (χ2n) is 6.57. The summed E-state index contributed by atoms with van der Waals surface area (Å²) >= 11 is 0. The molecule has 1 aromatic rings. The summed E-state index contributed by atoms with van der Waals surface area (Å²) in [5, 5.41) is 0. The molecule has 2 fully saturated rings. The summed E-state index contributed by atoms with van der Waals surface area (Å²) in [5.74, 6) is 1.96. The number of hydrogen-bond acceptors (Lipinski definition) is 3. The van der Waals surface area contributed by atoms with Crippen LogP contribution in [-0.4, -0.2) is 11.8 Å². The lowest BCUT2D eigenvalue weighted by Gasteiger charge is -2.37. The fourth-order valence-corrected chi connectivity index (χ4v) is 3.88. The molecule has 21 heavy (non-hydrogen) atoms. The van der Waals surface area contributed by atoms with Crippen molar-refractivity contribution in [2.24, 2.45) is 17.8 Å². The van der Waals surface area contributed by atoms with E-state index in [1.54, 1.807) is 24.3 Å². The molecule has 0 spiro atoms. The summed E-state index contributed by atoms with van der Waals surface area (Å²) in [6, 6.07) is 6.83. The van der Waals surface area contributed by atoms with Crippen molar-refractivity contribution < 1.29 is 14.3 Å². The number of ketones is 1. The quantitative estimate of drug-likeness (QED) is 0.479. The Kier molecular flexibility index (Phi) is 4.09. The lowest BCUT2D eigenvalue weighted by Crippen LogP contribution is -2.33. The molecule has 2 bridgehead atoms. The number of ether oxygens (including phenoxy) is 1. The van der Waals surface area contributed by atoms with Crippen LogP contribution in [0, 0.1) is 17.8 Å². The Morgan fingerprint density at radius 1 is 1.00 bits per heavy atom. The maximum atomic E-state index is 12.3. The molecule has 2 atom stereocenters. The highest BCUT2D eigenvalue weighted by molar-refractivity contribution is 5.94. The molecule has 0 amide bonds. The molecule has 2 aliphatic rings. The first kappa shape index (κ1) is 14.3. The van der Waals surface area contributed by atoms with Crippen molar-refractivity contribution in [3.05, 3.63) is 29.8 Å². The van der Waals surface area contributed by atoms with E-state index in [-0.39, 0.29) is 17.7 Å². The Morgan fingerprint density at radius 2 is 1.62 bits per heavy atom. The predicted octanol–water partition coefficient (Wildman–Crippen LogP) is 4.01. The van der Waals surface area contributed by atoms with Gasteiger partial charge in [0.15, 0.2) is 5.78 Å². The lowest BCUT2D eigenvalue weighted by molar-refractivity contribution is -0.141. The van der Waals surface area contributed by atoms with Gasteiger partial charge in [0.05, 0.1) is 5.92 Å². The summed E-state index contributed by atoms with van der Waals surface area (Å²) in [7, 11) is 0. The van der Waals surface area contributed by atoms with Crippen molar-refractivity contribution >= 4 is 11.8 Å². The largest absolute Gasteiger partial charge is 0.426 e. The van der Waals surface area contributed by atoms with Crippen LogP contribution in [0.5, 0.6) is 5.75 Å². The van der Waals surface area contributed by atoms with Crippen LogP contribution in [0.3, 0.4) is 0 Å². The zero-order valence-electron chi connectivity index (χ0n) is 12.5. The average Bonchev–Trinajstić information content (AvgIpc) is 2.47. The minimum atomic E-state index is -0.0952. The third kappa shape index (κ3) is 3.34. The Morgan fingerprint density at radius 3 is 2.19 bits per heavy atom. The van der Waals surface area contributed by atoms with Crippen LogP contribution in [0.1, 0.15) is 55.8 Å². The molecule has 0 aliphatic heterocycles. The van der Waals surface area contributed by atoms with Gasteiger partial charge in [-0.3, -0.25) is 9.59 Å². The number of esters is 1. The van der Waals surface area contributed by atoms with E-state index in [9.17, 15) is 9.59 Å². The highest BCUT2D eigenvalue weighted by Gasteiger charge is 2.36. The van der Waals surface area contributed by atoms with E-state index < -0.39 is 0 Å². The lowest BCUT2D eigenvalue weighted by atomic mass is 9.68. The summed E-state index contributed by atoms with van der Waals surface area (Å²) < 4.78 is 5.50. The maximum absolute atomic E-state index is 12.3. The molecule has 3 rings (SSSR count). The molecule has 0 heterocycles. The van der Waals surface area contributed by atoms with E-state index in [1.165, 1.54) is 32.6 Å². The van der Waals surface area contributed by atoms with E-state index in [2.05, 4.69) is 0 Å². The summed E-state index contributed by atoms with van der Waals surface area (Å²) in [4.78, 5) is 23.6. The van der Waals surface area contributed by atoms with Gasteiger partial charge in [-0.05, 0) is 62.3 Å². The van der Waals surface area contributed by atoms with E-state index in [1.807, 2.05) is 0 Å². The van der Waals surface area contributed by atoms with E-state index >= 15 is 0 Å². The Balaban J connectivity index is 1.62. The number of benzene rings is 1. The van der Waals surface area contributed by atoms with Crippen LogP contribution in [0.4, 0.5) is 0 Å². The van der Waals surface area contributed by atoms with Crippen LogP contribution >= 0.6 is 0 Å². The second-order valence-corrected chi connectivity index (χ2v) is 6.57. The minimum absolute atomic E-state index is 0.0213. The average molecular weight is 286 g/mol. The zero-order valence-corrected chi connectivity index (χ0v) is 12.5. The number of carbonyl (C=O) groups is 2. The Hall–Kier alpha value is -1.64. The van der Waals surface area contributed by atoms with Crippen LogP contribution in [-0.2, 0) is 4.79 Å². The third-order valence-electron chi connectivity index (χ3n) is 4.94. The summed E-state index contributed by atoms with van der Waals surface area (Å²) in [6.07, 6.45) is 7.14. The van der Waals surface area contributed by atoms with Gasteiger partial charge in [0, 0.05) is 5.56 Å². The number of carbonyl (C=O) groups excluding carboxylic acids is 2. The SMILES string of the molecule is CC(=O)c1ccc(OC(=O)C2CC3CCCC(C3)C2)cc1. The molecule has 0 radical (unpaired) electrons. The van der Waals surface area contributed by atoms with Crippen LogP contribution in [0.2, 0.25) is 0 Å². The van der Waals surface area contributed by atoms with E-state index in [0.29, 0.717) is 11.3 Å². The van der Waals surface area contributed by atoms with Crippen molar-refractivity contribution in [2.75, 3.05) is 0 Å². The molecule has 1 aromatic carbocycles. The number of rotatable bonds is 3. The van der Waals surface area contributed by atoms with E-state index in [0.717, 1.165) is 24.7 Å². The molecule has 2 aliphatic carbocycles. The second kappa shape index (κ2) is 6.00. The topological polar surface area (TPSA) is 43.4 Å². The summed E-state index contributed by atoms with van der Waals surface area (Å²) in [6.45, 7) is 1.53. The van der Waals surface area contributed by atoms with E-state index in [4.69, 9.17) is 4.74 Å². The highest BCUT2D eigenvalue weighted by atomic mass is 16.5. The Labute approximate surface area is 125 Å². The molecular formula is C18H22O3. The maximum Gasteiger partial charge on any atom is 0.314 e. The highest BCUT2D eigenvalue weighted by Crippen LogP contribution is 2.42. The van der Waals surface area contributed by atoms with Crippen LogP contribution < -0.4 is 4.74 Å². The van der Waals surface area contributed by atoms with Crippen molar-refractivity contribution in [1.29, 1.82) is 0 Å². The third-order valence-corrected chi connectivity index (χ3v) is 4.94.